The Bertz CT molecular complexity index is 910. The average molecular weight is 373 g/mol. The summed E-state index contributed by atoms with van der Waals surface area (Å²) in [6, 6.07) is 11.2. The molecule has 5 nitrogen and oxygen atoms in total. The lowest BCUT2D eigenvalue weighted by molar-refractivity contribution is -0.115. The summed E-state index contributed by atoms with van der Waals surface area (Å²) in [7, 11) is 0. The predicted molar refractivity (Wildman–Crippen MR) is 103 cm³/mol. The van der Waals surface area contributed by atoms with Crippen LogP contribution >= 0.6 is 22.9 Å². The molecule has 0 spiro atoms. The number of amides is 1. The third-order valence-electron chi connectivity index (χ3n) is 3.47. The van der Waals surface area contributed by atoms with Crippen LogP contribution in [0.25, 0.3) is 0 Å². The third-order valence-corrected chi connectivity index (χ3v) is 4.69. The number of benzene rings is 1. The molecule has 2 aromatic heterocycles. The van der Waals surface area contributed by atoms with Crippen molar-refractivity contribution in [2.24, 2.45) is 0 Å². The number of halogens is 1. The Morgan fingerprint density at radius 1 is 1.20 bits per heavy atom. The van der Waals surface area contributed by atoms with Gasteiger partial charge in [-0.15, -0.1) is 11.3 Å². The van der Waals surface area contributed by atoms with Gasteiger partial charge >= 0.3 is 0 Å². The first-order valence-corrected chi connectivity index (χ1v) is 8.96. The summed E-state index contributed by atoms with van der Waals surface area (Å²) in [6.45, 7) is 3.85. The zero-order valence-electron chi connectivity index (χ0n) is 13.8. The van der Waals surface area contributed by atoms with Crippen molar-refractivity contribution in [1.29, 1.82) is 0 Å². The molecule has 1 aromatic carbocycles. The van der Waals surface area contributed by atoms with Crippen LogP contribution in [-0.2, 0) is 11.2 Å². The molecular weight excluding hydrogens is 356 g/mol. The second kappa shape index (κ2) is 7.63. The molecule has 0 saturated carbocycles. The Kier molecular flexibility index (Phi) is 5.31. The van der Waals surface area contributed by atoms with E-state index in [4.69, 9.17) is 11.6 Å². The molecule has 3 aromatic rings. The molecule has 2 N–H and O–H groups in total. The summed E-state index contributed by atoms with van der Waals surface area (Å²) >= 11 is 7.51. The molecule has 0 aliphatic rings. The predicted octanol–water partition coefficient (Wildman–Crippen LogP) is 4.73. The summed E-state index contributed by atoms with van der Waals surface area (Å²) in [4.78, 5) is 21.0. The summed E-state index contributed by atoms with van der Waals surface area (Å²) < 4.78 is 0. The van der Waals surface area contributed by atoms with Gasteiger partial charge in [0.15, 0.2) is 5.13 Å². The van der Waals surface area contributed by atoms with E-state index in [-0.39, 0.29) is 12.3 Å². The number of aryl methyl sites for hydroxylation is 2. The second-order valence-electron chi connectivity index (χ2n) is 5.62. The Hall–Kier alpha value is -2.44. The van der Waals surface area contributed by atoms with Crippen LogP contribution < -0.4 is 10.6 Å². The number of anilines is 3. The lowest BCUT2D eigenvalue weighted by Gasteiger charge is -2.06. The first-order valence-electron chi connectivity index (χ1n) is 7.71. The SMILES string of the molecule is Cc1cccc(Nc2nc(CC(=O)Nc3ccc(C)c(Cl)c3)cs2)n1. The van der Waals surface area contributed by atoms with Crippen molar-refractivity contribution >= 4 is 45.5 Å². The first-order chi connectivity index (χ1) is 12.0. The van der Waals surface area contributed by atoms with E-state index >= 15 is 0 Å². The largest absolute Gasteiger partial charge is 0.326 e. The lowest BCUT2D eigenvalue weighted by Crippen LogP contribution is -2.14. The number of hydrogen-bond acceptors (Lipinski definition) is 5. The van der Waals surface area contributed by atoms with Crippen LogP contribution in [0.5, 0.6) is 0 Å². The lowest BCUT2D eigenvalue weighted by atomic mass is 10.2. The molecule has 0 saturated heterocycles. The van der Waals surface area contributed by atoms with Gasteiger partial charge in [-0.05, 0) is 43.7 Å². The van der Waals surface area contributed by atoms with E-state index in [1.54, 1.807) is 6.07 Å². The maximum atomic E-state index is 12.2. The van der Waals surface area contributed by atoms with Crippen LogP contribution in [0, 0.1) is 13.8 Å². The third kappa shape index (κ3) is 4.78. The van der Waals surface area contributed by atoms with Gasteiger partial charge in [0.1, 0.15) is 5.82 Å². The minimum Gasteiger partial charge on any atom is -0.326 e. The van der Waals surface area contributed by atoms with E-state index in [2.05, 4.69) is 20.6 Å². The van der Waals surface area contributed by atoms with Crippen molar-refractivity contribution in [2.75, 3.05) is 10.6 Å². The molecule has 0 aliphatic carbocycles. The maximum Gasteiger partial charge on any atom is 0.230 e. The average Bonchev–Trinajstić information content (AvgIpc) is 2.98. The van der Waals surface area contributed by atoms with Gasteiger partial charge < -0.3 is 10.6 Å². The number of aromatic nitrogens is 2. The fraction of sp³-hybridized carbons (Fsp3) is 0.167. The molecule has 0 fully saturated rings. The quantitative estimate of drug-likeness (QED) is 0.679. The standard InChI is InChI=1S/C18H17ClN4OS/c1-11-6-7-13(8-15(11)19)21-17(24)9-14-10-25-18(22-14)23-16-5-3-4-12(2)20-16/h3-8,10H,9H2,1-2H3,(H,21,24)(H,20,22,23). The van der Waals surface area contributed by atoms with Gasteiger partial charge in [-0.1, -0.05) is 23.7 Å². The number of pyridine rings is 1. The number of hydrogen-bond donors (Lipinski definition) is 2. The van der Waals surface area contributed by atoms with E-state index in [0.717, 1.165) is 17.1 Å². The number of nitrogens with one attached hydrogen (secondary N) is 2. The molecule has 25 heavy (non-hydrogen) atoms. The van der Waals surface area contributed by atoms with Crippen LogP contribution in [0.1, 0.15) is 17.0 Å². The molecule has 0 bridgehead atoms. The highest BCUT2D eigenvalue weighted by molar-refractivity contribution is 7.13. The molecule has 0 aliphatic heterocycles. The van der Waals surface area contributed by atoms with Crippen LogP contribution in [0.15, 0.2) is 41.8 Å². The summed E-state index contributed by atoms with van der Waals surface area (Å²) in [5, 5.41) is 9.18. The smallest absolute Gasteiger partial charge is 0.230 e. The number of carbonyl (C=O) groups is 1. The maximum absolute atomic E-state index is 12.2. The summed E-state index contributed by atoms with van der Waals surface area (Å²) in [5.74, 6) is 0.602. The Labute approximate surface area is 155 Å². The molecule has 0 atom stereocenters. The Morgan fingerprint density at radius 3 is 2.80 bits per heavy atom. The minimum atomic E-state index is -0.134. The normalized spacial score (nSPS) is 10.5. The highest BCUT2D eigenvalue weighted by Crippen LogP contribution is 2.22. The summed E-state index contributed by atoms with van der Waals surface area (Å²) in [5.41, 5.74) is 3.28. The zero-order valence-corrected chi connectivity index (χ0v) is 15.4. The Morgan fingerprint density at radius 2 is 2.04 bits per heavy atom. The number of rotatable bonds is 5. The van der Waals surface area contributed by atoms with Gasteiger partial charge in [0.05, 0.1) is 12.1 Å². The van der Waals surface area contributed by atoms with Crippen molar-refractivity contribution in [1.82, 2.24) is 9.97 Å². The molecule has 128 valence electrons. The van der Waals surface area contributed by atoms with Gasteiger partial charge in [-0.2, -0.15) is 0 Å². The fourth-order valence-corrected chi connectivity index (χ4v) is 3.11. The van der Waals surface area contributed by atoms with E-state index in [0.29, 0.717) is 21.5 Å². The zero-order chi connectivity index (χ0) is 17.8. The minimum absolute atomic E-state index is 0.134. The number of thiazole rings is 1. The van der Waals surface area contributed by atoms with Gasteiger partial charge in [0.2, 0.25) is 5.91 Å². The van der Waals surface area contributed by atoms with Gasteiger partial charge in [0.25, 0.3) is 0 Å². The molecule has 7 heteroatoms. The molecule has 0 radical (unpaired) electrons. The first kappa shape index (κ1) is 17.4. The van der Waals surface area contributed by atoms with Crippen molar-refractivity contribution in [3.63, 3.8) is 0 Å². The molecule has 2 heterocycles. The van der Waals surface area contributed by atoms with Crippen LogP contribution in [-0.4, -0.2) is 15.9 Å². The molecular formula is C18H17ClN4OS. The number of carbonyl (C=O) groups excluding carboxylic acids is 1. The van der Waals surface area contributed by atoms with E-state index in [1.165, 1.54) is 11.3 Å². The molecule has 0 unspecified atom stereocenters. The second-order valence-corrected chi connectivity index (χ2v) is 6.89. The van der Waals surface area contributed by atoms with E-state index in [9.17, 15) is 4.79 Å². The van der Waals surface area contributed by atoms with Crippen molar-refractivity contribution in [3.05, 3.63) is 63.8 Å². The van der Waals surface area contributed by atoms with Crippen LogP contribution in [0.4, 0.5) is 16.6 Å². The topological polar surface area (TPSA) is 66.9 Å². The van der Waals surface area contributed by atoms with Gasteiger partial charge in [-0.25, -0.2) is 9.97 Å². The number of nitrogens with zero attached hydrogens (tertiary/aromatic N) is 2. The van der Waals surface area contributed by atoms with E-state index < -0.39 is 0 Å². The van der Waals surface area contributed by atoms with Crippen molar-refractivity contribution in [2.45, 2.75) is 20.3 Å². The molecule has 3 rings (SSSR count). The van der Waals surface area contributed by atoms with Crippen molar-refractivity contribution < 1.29 is 4.79 Å². The van der Waals surface area contributed by atoms with Crippen LogP contribution in [0.3, 0.4) is 0 Å². The fourth-order valence-electron chi connectivity index (χ4n) is 2.21. The monoisotopic (exact) mass is 372 g/mol. The van der Waals surface area contributed by atoms with Gasteiger partial charge in [0, 0.05) is 21.8 Å². The summed E-state index contributed by atoms with van der Waals surface area (Å²) in [6.07, 6.45) is 0.199. The van der Waals surface area contributed by atoms with Gasteiger partial charge in [-0.3, -0.25) is 4.79 Å². The van der Waals surface area contributed by atoms with Crippen LogP contribution in [0.2, 0.25) is 5.02 Å². The highest BCUT2D eigenvalue weighted by Gasteiger charge is 2.09. The highest BCUT2D eigenvalue weighted by atomic mass is 35.5. The van der Waals surface area contributed by atoms with Crippen molar-refractivity contribution in [3.8, 4) is 0 Å². The van der Waals surface area contributed by atoms with E-state index in [1.807, 2.05) is 49.6 Å². The Balaban J connectivity index is 1.60. The molecule has 1 amide bonds.